The third kappa shape index (κ3) is 4.44. The number of aryl methyl sites for hydroxylation is 1. The molecule has 4 nitrogen and oxygen atoms in total. The minimum Gasteiger partial charge on any atom is -0.488 e. The number of benzene rings is 3. The van der Waals surface area contributed by atoms with Crippen LogP contribution in [0.1, 0.15) is 11.1 Å². The van der Waals surface area contributed by atoms with Crippen molar-refractivity contribution in [2.24, 2.45) is 0 Å². The van der Waals surface area contributed by atoms with E-state index < -0.39 is 0 Å². The summed E-state index contributed by atoms with van der Waals surface area (Å²) in [5.74, 6) is 0.689. The third-order valence-electron chi connectivity index (χ3n) is 4.78. The van der Waals surface area contributed by atoms with Gasteiger partial charge >= 0.3 is 0 Å². The fourth-order valence-corrected chi connectivity index (χ4v) is 3.40. The molecule has 0 spiro atoms. The monoisotopic (exact) mass is 404 g/mol. The van der Waals surface area contributed by atoms with Gasteiger partial charge in [0.15, 0.2) is 0 Å². The van der Waals surface area contributed by atoms with Gasteiger partial charge in [0.2, 0.25) is 5.91 Å². The minimum atomic E-state index is -0.113. The van der Waals surface area contributed by atoms with Crippen molar-refractivity contribution in [2.45, 2.75) is 20.1 Å². The van der Waals surface area contributed by atoms with Gasteiger partial charge in [-0.2, -0.15) is 0 Å². The van der Waals surface area contributed by atoms with Gasteiger partial charge in [-0.25, -0.2) is 0 Å². The number of fused-ring (bicyclic) bond motifs is 1. The smallest absolute Gasteiger partial charge is 0.244 e. The first-order valence-electron chi connectivity index (χ1n) is 9.41. The number of nitrogens with zero attached hydrogens (tertiary/aromatic N) is 1. The van der Waals surface area contributed by atoms with E-state index in [9.17, 15) is 4.79 Å². The summed E-state index contributed by atoms with van der Waals surface area (Å²) in [5.41, 5.74) is 3.73. The summed E-state index contributed by atoms with van der Waals surface area (Å²) in [7, 11) is 0. The molecule has 0 atom stereocenters. The van der Waals surface area contributed by atoms with Crippen molar-refractivity contribution >= 4 is 34.1 Å². The number of carbonyl (C=O) groups is 1. The highest BCUT2D eigenvalue weighted by atomic mass is 35.5. The van der Waals surface area contributed by atoms with Crippen LogP contribution in [-0.2, 0) is 17.9 Å². The number of rotatable bonds is 6. The molecule has 0 saturated carbocycles. The summed E-state index contributed by atoms with van der Waals surface area (Å²) < 4.78 is 7.93. The number of hydrogen-bond donors (Lipinski definition) is 1. The molecule has 0 fully saturated rings. The van der Waals surface area contributed by atoms with Crippen LogP contribution >= 0.6 is 11.6 Å². The topological polar surface area (TPSA) is 43.3 Å². The Balaban J connectivity index is 1.48. The summed E-state index contributed by atoms with van der Waals surface area (Å²) in [6.45, 7) is 2.63. The van der Waals surface area contributed by atoms with Crippen LogP contribution in [0.15, 0.2) is 79.0 Å². The van der Waals surface area contributed by atoms with E-state index in [4.69, 9.17) is 16.3 Å². The molecular formula is C24H21ClN2O2. The van der Waals surface area contributed by atoms with E-state index in [2.05, 4.69) is 5.32 Å². The molecule has 1 N–H and O–H groups in total. The van der Waals surface area contributed by atoms with Gasteiger partial charge in [-0.05, 0) is 48.4 Å². The first-order chi connectivity index (χ1) is 14.1. The lowest BCUT2D eigenvalue weighted by Crippen LogP contribution is -2.18. The molecule has 4 rings (SSSR count). The Labute approximate surface area is 174 Å². The summed E-state index contributed by atoms with van der Waals surface area (Å²) in [4.78, 5) is 12.5. The van der Waals surface area contributed by atoms with Gasteiger partial charge in [0.25, 0.3) is 0 Å². The van der Waals surface area contributed by atoms with Gasteiger partial charge in [0, 0.05) is 22.3 Å². The quantitative estimate of drug-likeness (QED) is 0.440. The highest BCUT2D eigenvalue weighted by Gasteiger charge is 2.10. The van der Waals surface area contributed by atoms with E-state index in [1.54, 1.807) is 6.07 Å². The van der Waals surface area contributed by atoms with Crippen molar-refractivity contribution in [1.29, 1.82) is 0 Å². The Morgan fingerprint density at radius 3 is 2.66 bits per heavy atom. The van der Waals surface area contributed by atoms with E-state index in [1.165, 1.54) is 0 Å². The maximum absolute atomic E-state index is 12.5. The van der Waals surface area contributed by atoms with E-state index >= 15 is 0 Å². The van der Waals surface area contributed by atoms with Crippen LogP contribution in [0.4, 0.5) is 5.69 Å². The van der Waals surface area contributed by atoms with Crippen LogP contribution in [0, 0.1) is 6.92 Å². The highest BCUT2D eigenvalue weighted by Crippen LogP contribution is 2.27. The lowest BCUT2D eigenvalue weighted by atomic mass is 10.2. The van der Waals surface area contributed by atoms with Crippen molar-refractivity contribution in [3.05, 3.63) is 95.1 Å². The number of nitrogens with one attached hydrogen (secondary N) is 1. The zero-order valence-electron chi connectivity index (χ0n) is 16.1. The number of anilines is 1. The lowest BCUT2D eigenvalue weighted by molar-refractivity contribution is -0.116. The number of hydrogen-bond acceptors (Lipinski definition) is 2. The molecule has 1 heterocycles. The van der Waals surface area contributed by atoms with Crippen molar-refractivity contribution in [3.63, 3.8) is 0 Å². The molecule has 3 aromatic carbocycles. The fourth-order valence-electron chi connectivity index (χ4n) is 3.22. The zero-order chi connectivity index (χ0) is 20.2. The average Bonchev–Trinajstić information content (AvgIpc) is 3.13. The Morgan fingerprint density at radius 2 is 1.86 bits per heavy atom. The number of halogens is 1. The Morgan fingerprint density at radius 1 is 1.03 bits per heavy atom. The SMILES string of the molecule is Cc1ccc(NC(=O)Cn2ccc3c(OCc4ccccc4)cccc32)cc1Cl. The molecule has 0 aliphatic heterocycles. The molecule has 1 aromatic heterocycles. The second-order valence-corrected chi connectivity index (χ2v) is 7.33. The molecule has 4 aromatic rings. The number of amides is 1. The Kier molecular flexibility index (Phi) is 5.54. The second-order valence-electron chi connectivity index (χ2n) is 6.92. The number of ether oxygens (including phenoxy) is 1. The maximum atomic E-state index is 12.5. The van der Waals surface area contributed by atoms with Crippen molar-refractivity contribution < 1.29 is 9.53 Å². The summed E-state index contributed by atoms with van der Waals surface area (Å²) >= 11 is 6.14. The van der Waals surface area contributed by atoms with E-state index in [-0.39, 0.29) is 12.5 Å². The second kappa shape index (κ2) is 8.41. The van der Waals surface area contributed by atoms with Crippen molar-refractivity contribution in [1.82, 2.24) is 4.57 Å². The van der Waals surface area contributed by atoms with Gasteiger partial charge in [0.05, 0.1) is 5.52 Å². The summed E-state index contributed by atoms with van der Waals surface area (Å²) in [6, 6.07) is 23.4. The molecular weight excluding hydrogens is 384 g/mol. The molecule has 1 amide bonds. The molecule has 0 bridgehead atoms. The first kappa shape index (κ1) is 19.1. The average molecular weight is 405 g/mol. The van der Waals surface area contributed by atoms with Crippen LogP contribution in [0.2, 0.25) is 5.02 Å². The maximum Gasteiger partial charge on any atom is 0.244 e. The van der Waals surface area contributed by atoms with Crippen LogP contribution in [-0.4, -0.2) is 10.5 Å². The van der Waals surface area contributed by atoms with Gasteiger partial charge in [-0.1, -0.05) is 54.1 Å². The predicted octanol–water partition coefficient (Wildman–Crippen LogP) is 5.82. The molecule has 0 aliphatic carbocycles. The van der Waals surface area contributed by atoms with Crippen LogP contribution in [0.25, 0.3) is 10.9 Å². The number of carbonyl (C=O) groups excluding carboxylic acids is 1. The van der Waals surface area contributed by atoms with E-state index in [0.29, 0.717) is 17.3 Å². The summed E-state index contributed by atoms with van der Waals surface area (Å²) in [6.07, 6.45) is 1.90. The molecule has 0 radical (unpaired) electrons. The van der Waals surface area contributed by atoms with Gasteiger partial charge in [-0.3, -0.25) is 4.79 Å². The molecule has 0 aliphatic rings. The summed E-state index contributed by atoms with van der Waals surface area (Å²) in [5, 5.41) is 4.51. The standard InChI is InChI=1S/C24H21ClN2O2/c1-17-10-11-19(14-21(17)25)26-24(28)15-27-13-12-20-22(27)8-5-9-23(20)29-16-18-6-3-2-4-7-18/h2-14H,15-16H2,1H3,(H,26,28). The van der Waals surface area contributed by atoms with Crippen LogP contribution < -0.4 is 10.1 Å². The molecule has 5 heteroatoms. The molecule has 0 saturated heterocycles. The highest BCUT2D eigenvalue weighted by molar-refractivity contribution is 6.31. The van der Waals surface area contributed by atoms with E-state index in [1.807, 2.05) is 84.4 Å². The van der Waals surface area contributed by atoms with Crippen molar-refractivity contribution in [2.75, 3.05) is 5.32 Å². The van der Waals surface area contributed by atoms with E-state index in [0.717, 1.165) is 27.8 Å². The normalized spacial score (nSPS) is 10.8. The van der Waals surface area contributed by atoms with Crippen molar-refractivity contribution in [3.8, 4) is 5.75 Å². The van der Waals surface area contributed by atoms with Crippen LogP contribution in [0.3, 0.4) is 0 Å². The minimum absolute atomic E-state index is 0.113. The Hall–Kier alpha value is -3.24. The van der Waals surface area contributed by atoms with Gasteiger partial charge in [0.1, 0.15) is 18.9 Å². The molecule has 29 heavy (non-hydrogen) atoms. The third-order valence-corrected chi connectivity index (χ3v) is 5.19. The van der Waals surface area contributed by atoms with Gasteiger partial charge in [-0.15, -0.1) is 0 Å². The zero-order valence-corrected chi connectivity index (χ0v) is 16.8. The molecule has 146 valence electrons. The number of aromatic nitrogens is 1. The largest absolute Gasteiger partial charge is 0.488 e. The first-order valence-corrected chi connectivity index (χ1v) is 9.78. The van der Waals surface area contributed by atoms with Crippen LogP contribution in [0.5, 0.6) is 5.75 Å². The predicted molar refractivity (Wildman–Crippen MR) is 118 cm³/mol. The lowest BCUT2D eigenvalue weighted by Gasteiger charge is -2.10. The fraction of sp³-hybridized carbons (Fsp3) is 0.125. The molecule has 0 unspecified atom stereocenters. The van der Waals surface area contributed by atoms with Gasteiger partial charge < -0.3 is 14.6 Å². The Bertz CT molecular complexity index is 1150.